The first-order chi connectivity index (χ1) is 28.3. The summed E-state index contributed by atoms with van der Waals surface area (Å²) in [5.41, 5.74) is 0.765. The van der Waals surface area contributed by atoms with Crippen molar-refractivity contribution >= 4 is 30.4 Å². The predicted octanol–water partition coefficient (Wildman–Crippen LogP) is 7.59. The molecule has 0 spiro atoms. The van der Waals surface area contributed by atoms with Crippen LogP contribution >= 0.6 is 0 Å². The third-order valence-corrected chi connectivity index (χ3v) is 19.5. The van der Waals surface area contributed by atoms with Crippen molar-refractivity contribution in [2.45, 2.75) is 141 Å². The number of cyclic esters (lactones) is 1. The molecule has 9 nitrogen and oxygen atoms in total. The summed E-state index contributed by atoms with van der Waals surface area (Å²) in [5, 5.41) is 2.16. The fourth-order valence-corrected chi connectivity index (χ4v) is 16.2. The Balaban J connectivity index is 1.20. The fraction of sp³-hybridized carbons (Fsp3) is 0.633. The minimum Gasteiger partial charge on any atom is -0.462 e. The maximum atomic E-state index is 15.3. The summed E-state index contributed by atoms with van der Waals surface area (Å²) in [4.78, 5) is 29.0. The van der Waals surface area contributed by atoms with Crippen molar-refractivity contribution in [2.24, 2.45) is 35.5 Å². The molecule has 14 atom stereocenters. The number of carbonyl (C=O) groups is 2. The molecule has 5 aliphatic rings. The van der Waals surface area contributed by atoms with Gasteiger partial charge in [-0.15, -0.1) is 0 Å². The summed E-state index contributed by atoms with van der Waals surface area (Å²) in [7, 11) is 2.00. The first-order valence-corrected chi connectivity index (χ1v) is 24.1. The van der Waals surface area contributed by atoms with Crippen molar-refractivity contribution in [1.29, 1.82) is 0 Å². The number of benzene rings is 2. The highest BCUT2D eigenvalue weighted by molar-refractivity contribution is 6.99. The van der Waals surface area contributed by atoms with Gasteiger partial charge in [-0.25, -0.2) is 0 Å². The smallest absolute Gasteiger partial charge is 0.306 e. The summed E-state index contributed by atoms with van der Waals surface area (Å²) in [6, 6.07) is 21.4. The molecular formula is C49H68O9Si. The van der Waals surface area contributed by atoms with E-state index in [1.165, 1.54) is 10.4 Å². The molecule has 10 heteroatoms. The minimum absolute atomic E-state index is 0.0192. The zero-order chi connectivity index (χ0) is 42.1. The van der Waals surface area contributed by atoms with Gasteiger partial charge in [0.05, 0.1) is 24.7 Å². The van der Waals surface area contributed by atoms with Crippen LogP contribution in [0.1, 0.15) is 86.5 Å². The molecule has 1 saturated carbocycles. The summed E-state index contributed by atoms with van der Waals surface area (Å²) in [6.45, 7) is 13.0. The zero-order valence-electron chi connectivity index (χ0n) is 36.7. The van der Waals surface area contributed by atoms with E-state index < -0.39 is 26.6 Å². The van der Waals surface area contributed by atoms with Crippen LogP contribution in [0, 0.1) is 35.5 Å². The van der Waals surface area contributed by atoms with Crippen LogP contribution in [0.15, 0.2) is 84.5 Å². The number of ether oxygens (including phenoxy) is 6. The van der Waals surface area contributed by atoms with Gasteiger partial charge in [-0.3, -0.25) is 9.59 Å². The van der Waals surface area contributed by atoms with Gasteiger partial charge in [-0.05, 0) is 90.1 Å². The van der Waals surface area contributed by atoms with Crippen molar-refractivity contribution in [3.8, 4) is 0 Å². The van der Waals surface area contributed by atoms with Crippen molar-refractivity contribution in [3.05, 3.63) is 84.5 Å². The topological polar surface area (TPSA) is 98.8 Å². The standard InChI is InChI=1S/C49H68O9Si/c1-10-33-18-17-23-42(58-59(49(4,5)6,35-19-13-11-14-20-35)36-21-15-12-16-22-36)30(2)44(51)41-28-39-37(40(41)29-43(50)56-33)25-24-32-26-34(27-38(32)39)57-48-47(54-9)46(53-8)45(52-7)31(3)55-48/h11-16,19-22,24-25,28,30-34,37-40,42,45-48H,10,17-18,23,26-27,29H2,1-9H3/t30-,31-,32-,33+,34-,37-,38-,39-,40+,42+,45+,46+,47-,48+/m1/s1. The van der Waals surface area contributed by atoms with Gasteiger partial charge in [0.25, 0.3) is 8.32 Å². The second-order valence-corrected chi connectivity index (χ2v) is 23.0. The van der Waals surface area contributed by atoms with Crippen LogP contribution in [-0.2, 0) is 42.4 Å². The third-order valence-electron chi connectivity index (χ3n) is 14.4. The van der Waals surface area contributed by atoms with Gasteiger partial charge in [-0.2, -0.15) is 0 Å². The summed E-state index contributed by atoms with van der Waals surface area (Å²) in [6.07, 6.45) is 9.16. The first kappa shape index (κ1) is 44.1. The van der Waals surface area contributed by atoms with Gasteiger partial charge < -0.3 is 32.8 Å². The van der Waals surface area contributed by atoms with Gasteiger partial charge in [0.2, 0.25) is 0 Å². The lowest BCUT2D eigenvalue weighted by Gasteiger charge is -2.46. The van der Waals surface area contributed by atoms with Crippen molar-refractivity contribution in [1.82, 2.24) is 0 Å². The van der Waals surface area contributed by atoms with Gasteiger partial charge in [0, 0.05) is 33.2 Å². The number of hydrogen-bond donors (Lipinski definition) is 0. The molecule has 3 aliphatic carbocycles. The molecule has 59 heavy (non-hydrogen) atoms. The number of ketones is 1. The van der Waals surface area contributed by atoms with Crippen molar-refractivity contribution in [2.75, 3.05) is 21.3 Å². The molecule has 0 radical (unpaired) electrons. The lowest BCUT2D eigenvalue weighted by Crippen LogP contribution is -2.68. The summed E-state index contributed by atoms with van der Waals surface area (Å²) < 4.78 is 44.6. The summed E-state index contributed by atoms with van der Waals surface area (Å²) >= 11 is 0. The van der Waals surface area contributed by atoms with Gasteiger partial charge in [-0.1, -0.05) is 114 Å². The minimum atomic E-state index is -2.98. The van der Waals surface area contributed by atoms with Crippen LogP contribution in [0.25, 0.3) is 0 Å². The van der Waals surface area contributed by atoms with Gasteiger partial charge in [0.15, 0.2) is 12.1 Å². The van der Waals surface area contributed by atoms with E-state index in [4.69, 9.17) is 32.8 Å². The Morgan fingerprint density at radius 1 is 0.797 bits per heavy atom. The molecule has 2 aliphatic heterocycles. The van der Waals surface area contributed by atoms with Crippen LogP contribution in [0.3, 0.4) is 0 Å². The van der Waals surface area contributed by atoms with Crippen LogP contribution in [0.2, 0.25) is 5.04 Å². The van der Waals surface area contributed by atoms with Crippen LogP contribution in [0.5, 0.6) is 0 Å². The molecule has 322 valence electrons. The molecule has 0 bridgehead atoms. The largest absolute Gasteiger partial charge is 0.462 e. The van der Waals surface area contributed by atoms with Crippen LogP contribution < -0.4 is 10.4 Å². The van der Waals surface area contributed by atoms with E-state index in [0.29, 0.717) is 6.42 Å². The molecule has 2 heterocycles. The molecule has 0 unspecified atom stereocenters. The van der Waals surface area contributed by atoms with E-state index >= 15 is 4.79 Å². The Hall–Kier alpha value is -2.96. The highest BCUT2D eigenvalue weighted by atomic mass is 28.4. The molecule has 3 fully saturated rings. The number of allylic oxidation sites excluding steroid dienone is 4. The molecule has 2 aromatic rings. The highest BCUT2D eigenvalue weighted by Crippen LogP contribution is 2.54. The average Bonchev–Trinajstić information content (AvgIpc) is 3.81. The average molecular weight is 829 g/mol. The van der Waals surface area contributed by atoms with Crippen molar-refractivity contribution in [3.63, 3.8) is 0 Å². The fourth-order valence-electron chi connectivity index (χ4n) is 11.4. The molecule has 0 amide bonds. The Morgan fingerprint density at radius 3 is 2.03 bits per heavy atom. The Kier molecular flexibility index (Phi) is 13.9. The van der Waals surface area contributed by atoms with Gasteiger partial charge in [0.1, 0.15) is 24.4 Å². The Morgan fingerprint density at radius 2 is 1.44 bits per heavy atom. The number of methoxy groups -OCH3 is 3. The SMILES string of the molecule is CC[C@H]1CCC[C@H](O[Si](c2ccccc2)(c2ccccc2)C(C)(C)C)[C@@H](C)C(=O)C2=C[C@@H]3[C@@H](C=C[C@@H]4C[C@@H](O[C@@H]5O[C@H](C)[C@H](OC)[C@H](OC)[C@H]5OC)C[C@@H]34)[C@@H]2CC(=O)O1. The first-order valence-electron chi connectivity index (χ1n) is 22.2. The van der Waals surface area contributed by atoms with E-state index in [9.17, 15) is 4.79 Å². The van der Waals surface area contributed by atoms with E-state index in [1.54, 1.807) is 21.3 Å². The quantitative estimate of drug-likeness (QED) is 0.136. The predicted molar refractivity (Wildman–Crippen MR) is 231 cm³/mol. The van der Waals surface area contributed by atoms with E-state index in [-0.39, 0.29) is 89.4 Å². The number of rotatable bonds is 10. The normalized spacial score (nSPS) is 36.7. The maximum absolute atomic E-state index is 15.3. The van der Waals surface area contributed by atoms with E-state index in [0.717, 1.165) is 37.7 Å². The molecule has 2 aromatic carbocycles. The van der Waals surface area contributed by atoms with Crippen LogP contribution in [-0.4, -0.2) is 90.4 Å². The Labute approximate surface area is 353 Å². The number of esters is 1. The maximum Gasteiger partial charge on any atom is 0.306 e. The number of hydrogen-bond acceptors (Lipinski definition) is 9. The lowest BCUT2D eigenvalue weighted by molar-refractivity contribution is -0.314. The molecule has 0 N–H and O–H groups in total. The molecule has 0 aromatic heterocycles. The third kappa shape index (κ3) is 8.62. The van der Waals surface area contributed by atoms with E-state index in [1.807, 2.05) is 6.92 Å². The van der Waals surface area contributed by atoms with Crippen molar-refractivity contribution < 1.29 is 42.4 Å². The molecular weight excluding hydrogens is 761 g/mol. The van der Waals surface area contributed by atoms with Crippen LogP contribution in [0.4, 0.5) is 0 Å². The molecule has 2 saturated heterocycles. The summed E-state index contributed by atoms with van der Waals surface area (Å²) in [5.74, 6) is -0.153. The van der Waals surface area contributed by atoms with Gasteiger partial charge >= 0.3 is 5.97 Å². The lowest BCUT2D eigenvalue weighted by atomic mass is 9.70. The Bertz CT molecular complexity index is 1750. The number of fused-ring (bicyclic) bond motifs is 5. The monoisotopic (exact) mass is 828 g/mol. The highest BCUT2D eigenvalue weighted by Gasteiger charge is 2.55. The second-order valence-electron chi connectivity index (χ2n) is 18.8. The number of Topliss-reactive ketones (excluding diaryl/α,β-unsaturated/α-hetero) is 1. The zero-order valence-corrected chi connectivity index (χ0v) is 37.7. The second kappa shape index (κ2) is 18.6. The number of carbonyl (C=O) groups excluding carboxylic acids is 2. The molecule has 7 rings (SSSR count). The van der Waals surface area contributed by atoms with E-state index in [2.05, 4.69) is 114 Å².